The summed E-state index contributed by atoms with van der Waals surface area (Å²) < 4.78 is 34.1. The molecule has 0 spiro atoms. The molecule has 9 nitrogen and oxygen atoms in total. The molecule has 7 aliphatic heterocycles. The molecule has 0 N–H and O–H groups in total. The Bertz CT molecular complexity index is 1830. The largest absolute Gasteiger partial charge is 0.381 e. The maximum absolute atomic E-state index is 5.24. The minimum absolute atomic E-state index is 0. The monoisotopic (exact) mass is 980 g/mol. The fourth-order valence-corrected chi connectivity index (χ4v) is 8.42. The van der Waals surface area contributed by atoms with Crippen LogP contribution in [-0.4, -0.2) is 138 Å². The second-order valence-corrected chi connectivity index (χ2v) is 21.1. The third-order valence-electron chi connectivity index (χ3n) is 12.7. The summed E-state index contributed by atoms with van der Waals surface area (Å²) in [6.45, 7) is 36.7. The summed E-state index contributed by atoms with van der Waals surface area (Å²) in [6, 6.07) is 15.4. The summed E-state index contributed by atoms with van der Waals surface area (Å²) in [5, 5.41) is 5.24. The molecule has 8 aliphatic rings. The molecule has 392 valence electrons. The van der Waals surface area contributed by atoms with E-state index in [0.717, 1.165) is 96.5 Å². The molecule has 6 fully saturated rings. The molecular formula is C61H95Li2N3O6. The van der Waals surface area contributed by atoms with E-state index in [1.807, 2.05) is 0 Å². The first-order valence-corrected chi connectivity index (χ1v) is 27.2. The minimum atomic E-state index is 0. The fourth-order valence-electron chi connectivity index (χ4n) is 8.42. The van der Waals surface area contributed by atoms with E-state index < -0.39 is 0 Å². The van der Waals surface area contributed by atoms with Gasteiger partial charge in [-0.05, 0) is 154 Å². The van der Waals surface area contributed by atoms with Crippen LogP contribution in [0.3, 0.4) is 0 Å². The average molecular weight is 980 g/mol. The molecule has 1 aliphatic carbocycles. The van der Waals surface area contributed by atoms with Crippen molar-refractivity contribution in [3.63, 3.8) is 0 Å². The fraction of sp³-hybridized carbons (Fsp3) is 0.639. The second kappa shape index (κ2) is 37.3. The van der Waals surface area contributed by atoms with Crippen LogP contribution in [0.1, 0.15) is 182 Å². The topological polar surface area (TPSA) is 75.5 Å². The van der Waals surface area contributed by atoms with Crippen LogP contribution >= 0.6 is 0 Å². The zero-order chi connectivity index (χ0) is 50.6. The zero-order valence-electron chi connectivity index (χ0n) is 47.8. The smallest absolute Gasteiger partial charge is 0.201 e. The summed E-state index contributed by atoms with van der Waals surface area (Å²) in [7, 11) is 0. The summed E-state index contributed by atoms with van der Waals surface area (Å²) >= 11 is 0. The maximum Gasteiger partial charge on any atom is 0.201 e. The predicted molar refractivity (Wildman–Crippen MR) is 303 cm³/mol. The third kappa shape index (κ3) is 24.0. The number of benzene rings is 2. The van der Waals surface area contributed by atoms with Crippen molar-refractivity contribution in [2.45, 2.75) is 170 Å². The van der Waals surface area contributed by atoms with Crippen LogP contribution in [0.25, 0.3) is 5.32 Å². The number of rotatable bonds is 6. The normalized spacial score (nSPS) is 19.8. The van der Waals surface area contributed by atoms with Gasteiger partial charge in [0.25, 0.3) is 0 Å². The number of ether oxygens (including phenoxy) is 6. The average Bonchev–Trinajstić information content (AvgIpc) is 4.20. The Morgan fingerprint density at radius 2 is 0.917 bits per heavy atom. The summed E-state index contributed by atoms with van der Waals surface area (Å²) in [4.78, 5) is 0. The SMILES string of the molecule is C1CCOC1.C1CCOC1.C1CCOC1.C1CCOC1.C1CCOC1.C1CCOC1.CC(C)=C1C=CC=C(C(C)C)/C1=[N+]1/[C-]=[N+](c2c(C(C)C)cccc2C(C)C)C=C1[N-]c1ccc(C(C)(C)C)cc1.[Li].[Li]. The Kier molecular flexibility index (Phi) is 34.0. The van der Waals surface area contributed by atoms with Crippen LogP contribution in [0, 0.1) is 5.92 Å². The van der Waals surface area contributed by atoms with Crippen LogP contribution < -0.4 is 0 Å². The van der Waals surface area contributed by atoms with E-state index in [-0.39, 0.29) is 43.1 Å². The number of allylic oxidation sites excluding steroid dienone is 6. The molecule has 7 heterocycles. The van der Waals surface area contributed by atoms with E-state index in [1.165, 1.54) is 116 Å². The van der Waals surface area contributed by atoms with Gasteiger partial charge in [0.2, 0.25) is 5.82 Å². The van der Waals surface area contributed by atoms with Crippen molar-refractivity contribution in [3.8, 4) is 0 Å². The van der Waals surface area contributed by atoms with E-state index in [2.05, 4.69) is 159 Å². The number of hydrogen-bond donors (Lipinski definition) is 0. The number of nitrogens with zero attached hydrogens (tertiary/aromatic N) is 3. The van der Waals surface area contributed by atoms with Crippen LogP contribution in [0.5, 0.6) is 0 Å². The molecule has 0 saturated carbocycles. The Hall–Kier alpha value is -2.51. The second-order valence-electron chi connectivity index (χ2n) is 21.1. The van der Waals surface area contributed by atoms with Crippen LogP contribution in [0.4, 0.5) is 11.4 Å². The van der Waals surface area contributed by atoms with Gasteiger partial charge in [0.15, 0.2) is 6.34 Å². The molecule has 0 unspecified atom stereocenters. The van der Waals surface area contributed by atoms with Gasteiger partial charge in [-0.2, -0.15) is 0 Å². The van der Waals surface area contributed by atoms with Gasteiger partial charge in [-0.25, -0.2) is 0 Å². The van der Waals surface area contributed by atoms with Gasteiger partial charge in [-0.15, -0.1) is 5.32 Å². The number of para-hydroxylation sites is 1. The third-order valence-corrected chi connectivity index (χ3v) is 12.7. The van der Waals surface area contributed by atoms with E-state index >= 15 is 0 Å². The first-order valence-electron chi connectivity index (χ1n) is 27.2. The van der Waals surface area contributed by atoms with E-state index in [9.17, 15) is 0 Å². The van der Waals surface area contributed by atoms with Crippen molar-refractivity contribution in [1.29, 1.82) is 0 Å². The molecule has 10 rings (SSSR count). The van der Waals surface area contributed by atoms with Crippen molar-refractivity contribution < 1.29 is 37.6 Å². The standard InChI is InChI=1S/C37H47N3.6C4H8O.2Li/c1-24(2)30-14-12-15-31(25(3)4)35(30)39-22-34(38-29-20-18-28(19-21-29)37(9,10)11)40(23-39)36-32(26(5)6)16-13-17-33(36)27(7)8;6*1-2-4-5-3-1;;/h12-22,24-26H,1-11H3;6*1-4H2;;/b40-36+;;;;;;;;. The van der Waals surface area contributed by atoms with Gasteiger partial charge in [0, 0.05) is 129 Å². The molecule has 11 heteroatoms. The Balaban J connectivity index is 0.000000436. The molecule has 2 radical (unpaired) electrons. The van der Waals surface area contributed by atoms with Gasteiger partial charge in [-0.1, -0.05) is 116 Å². The zero-order valence-corrected chi connectivity index (χ0v) is 47.8. The number of hydrogen-bond acceptors (Lipinski definition) is 6. The minimum Gasteiger partial charge on any atom is -0.381 e. The molecule has 6 saturated heterocycles. The van der Waals surface area contributed by atoms with E-state index in [0.29, 0.717) is 17.8 Å². The van der Waals surface area contributed by atoms with Crippen LogP contribution in [0.2, 0.25) is 0 Å². The maximum atomic E-state index is 5.24. The van der Waals surface area contributed by atoms with Gasteiger partial charge in [0.05, 0.1) is 5.71 Å². The first-order chi connectivity index (χ1) is 33.8. The first kappa shape index (κ1) is 65.6. The molecule has 2 aromatic carbocycles. The van der Waals surface area contributed by atoms with Gasteiger partial charge >= 0.3 is 0 Å². The van der Waals surface area contributed by atoms with Crippen molar-refractivity contribution >= 4 is 61.1 Å². The Morgan fingerprint density at radius 3 is 1.21 bits per heavy atom. The summed E-state index contributed by atoms with van der Waals surface area (Å²) in [5.41, 5.74) is 11.2. The van der Waals surface area contributed by atoms with Crippen molar-refractivity contribution in [1.82, 2.24) is 0 Å². The molecule has 2 aromatic rings. The molecular weight excluding hydrogens is 885 g/mol. The molecule has 0 atom stereocenters. The molecule has 0 aromatic heterocycles. The van der Waals surface area contributed by atoms with Gasteiger partial charge in [-0.3, -0.25) is 4.58 Å². The molecule has 72 heavy (non-hydrogen) atoms. The van der Waals surface area contributed by atoms with E-state index in [4.69, 9.17) is 33.7 Å². The predicted octanol–water partition coefficient (Wildman–Crippen LogP) is 14.3. The van der Waals surface area contributed by atoms with Gasteiger partial charge < -0.3 is 33.0 Å². The van der Waals surface area contributed by atoms with Crippen LogP contribution in [-0.2, 0) is 33.8 Å². The molecule has 0 amide bonds. The van der Waals surface area contributed by atoms with E-state index in [1.54, 1.807) is 0 Å². The summed E-state index contributed by atoms with van der Waals surface area (Å²) in [6.07, 6.45) is 27.9. The van der Waals surface area contributed by atoms with Crippen molar-refractivity contribution in [2.24, 2.45) is 5.92 Å². The van der Waals surface area contributed by atoms with Crippen LogP contribution in [0.15, 0.2) is 89.4 Å². The quantitative estimate of drug-likeness (QED) is 0.163. The molecule has 0 bridgehead atoms. The summed E-state index contributed by atoms with van der Waals surface area (Å²) in [5.74, 6) is 1.99. The van der Waals surface area contributed by atoms with Crippen molar-refractivity contribution in [2.75, 3.05) is 79.3 Å². The Morgan fingerprint density at radius 1 is 0.542 bits per heavy atom. The van der Waals surface area contributed by atoms with Crippen molar-refractivity contribution in [3.05, 3.63) is 111 Å². The Labute approximate surface area is 463 Å². The van der Waals surface area contributed by atoms with Gasteiger partial charge in [0.1, 0.15) is 5.69 Å².